The summed E-state index contributed by atoms with van der Waals surface area (Å²) < 4.78 is 44.3. The van der Waals surface area contributed by atoms with E-state index in [1.54, 1.807) is 24.3 Å². The Hall–Kier alpha value is -1.76. The van der Waals surface area contributed by atoms with E-state index in [-0.39, 0.29) is 12.2 Å². The predicted octanol–water partition coefficient (Wildman–Crippen LogP) is 4.48. The molecule has 2 rings (SSSR count). The Morgan fingerprint density at radius 1 is 1.24 bits per heavy atom. The van der Waals surface area contributed by atoms with Gasteiger partial charge in [0.25, 0.3) is 0 Å². The van der Waals surface area contributed by atoms with Gasteiger partial charge in [-0.05, 0) is 24.3 Å². The molecule has 1 aromatic carbocycles. The molecule has 3 nitrogen and oxygen atoms in total. The zero-order chi connectivity index (χ0) is 15.5. The van der Waals surface area contributed by atoms with E-state index >= 15 is 0 Å². The van der Waals surface area contributed by atoms with E-state index < -0.39 is 11.7 Å². The maximum absolute atomic E-state index is 13.0. The summed E-state index contributed by atoms with van der Waals surface area (Å²) in [4.78, 5) is 4.14. The molecule has 2 aromatic rings. The maximum atomic E-state index is 13.0. The van der Waals surface area contributed by atoms with Gasteiger partial charge in [0.2, 0.25) is 5.88 Å². The Balaban J connectivity index is 2.20. The molecule has 1 N–H and O–H groups in total. The molecule has 0 spiro atoms. The van der Waals surface area contributed by atoms with Crippen molar-refractivity contribution >= 4 is 21.6 Å². The van der Waals surface area contributed by atoms with Crippen LogP contribution in [0.25, 0.3) is 0 Å². The number of ether oxygens (including phenoxy) is 1. The fourth-order valence-corrected chi connectivity index (χ4v) is 2.12. The highest BCUT2D eigenvalue weighted by Crippen LogP contribution is 2.36. The van der Waals surface area contributed by atoms with Gasteiger partial charge < -0.3 is 10.1 Å². The Labute approximate surface area is 128 Å². The average Bonchev–Trinajstić information content (AvgIpc) is 2.45. The maximum Gasteiger partial charge on any atom is 0.418 e. The summed E-state index contributed by atoms with van der Waals surface area (Å²) in [6.07, 6.45) is -4.42. The van der Waals surface area contributed by atoms with E-state index in [2.05, 4.69) is 26.2 Å². The van der Waals surface area contributed by atoms with Crippen molar-refractivity contribution in [2.75, 3.05) is 12.4 Å². The number of anilines is 1. The average molecular weight is 361 g/mol. The van der Waals surface area contributed by atoms with E-state index in [9.17, 15) is 13.2 Å². The first-order chi connectivity index (χ1) is 9.90. The van der Waals surface area contributed by atoms with Crippen molar-refractivity contribution in [2.45, 2.75) is 12.7 Å². The molecule has 0 saturated carbocycles. The minimum absolute atomic E-state index is 0.00956. The van der Waals surface area contributed by atoms with Crippen LogP contribution in [0.5, 0.6) is 5.88 Å². The first-order valence-corrected chi connectivity index (χ1v) is 6.80. The zero-order valence-electron chi connectivity index (χ0n) is 11.0. The van der Waals surface area contributed by atoms with Gasteiger partial charge in [-0.15, -0.1) is 0 Å². The molecule has 0 aliphatic rings. The standard InChI is InChI=1S/C14H12BrF3N2O/c1-21-13-4-2-3-10(20-13)8-19-12-6-5-9(15)7-11(12)14(16,17)18/h2-7,19H,8H2,1H3. The molecule has 7 heteroatoms. The van der Waals surface area contributed by atoms with Gasteiger partial charge in [0.1, 0.15) is 0 Å². The van der Waals surface area contributed by atoms with Gasteiger partial charge in [0, 0.05) is 16.2 Å². The highest BCUT2D eigenvalue weighted by molar-refractivity contribution is 9.10. The predicted molar refractivity (Wildman–Crippen MR) is 77.3 cm³/mol. The Kier molecular flexibility index (Phi) is 4.72. The van der Waals surface area contributed by atoms with E-state index in [0.717, 1.165) is 6.07 Å². The normalized spacial score (nSPS) is 11.3. The molecule has 21 heavy (non-hydrogen) atoms. The highest BCUT2D eigenvalue weighted by Gasteiger charge is 2.33. The highest BCUT2D eigenvalue weighted by atomic mass is 79.9. The second kappa shape index (κ2) is 6.34. The number of nitrogens with one attached hydrogen (secondary N) is 1. The van der Waals surface area contributed by atoms with Crippen LogP contribution in [0.3, 0.4) is 0 Å². The van der Waals surface area contributed by atoms with E-state index in [1.165, 1.54) is 13.2 Å². The van der Waals surface area contributed by atoms with Crippen LogP contribution >= 0.6 is 15.9 Å². The summed E-state index contributed by atoms with van der Waals surface area (Å²) in [5.41, 5.74) is -0.125. The first kappa shape index (κ1) is 15.6. The van der Waals surface area contributed by atoms with Crippen LogP contribution in [-0.2, 0) is 12.7 Å². The van der Waals surface area contributed by atoms with Crippen molar-refractivity contribution in [2.24, 2.45) is 0 Å². The van der Waals surface area contributed by atoms with E-state index in [4.69, 9.17) is 4.74 Å². The molecule has 0 bridgehead atoms. The molecule has 0 radical (unpaired) electrons. The third-order valence-corrected chi connectivity index (χ3v) is 3.23. The van der Waals surface area contributed by atoms with Gasteiger partial charge in [-0.1, -0.05) is 22.0 Å². The number of pyridine rings is 1. The minimum Gasteiger partial charge on any atom is -0.481 e. The molecule has 112 valence electrons. The summed E-state index contributed by atoms with van der Waals surface area (Å²) in [5.74, 6) is 0.418. The molecule has 0 unspecified atom stereocenters. The quantitative estimate of drug-likeness (QED) is 0.872. The third-order valence-electron chi connectivity index (χ3n) is 2.74. The van der Waals surface area contributed by atoms with Crippen molar-refractivity contribution in [1.29, 1.82) is 0 Å². The number of rotatable bonds is 4. The topological polar surface area (TPSA) is 34.1 Å². The molecule has 0 fully saturated rings. The van der Waals surface area contributed by atoms with Crippen LogP contribution in [0.2, 0.25) is 0 Å². The number of halogens is 4. The van der Waals surface area contributed by atoms with E-state index in [0.29, 0.717) is 16.0 Å². The van der Waals surface area contributed by atoms with Crippen molar-refractivity contribution in [3.05, 3.63) is 52.1 Å². The smallest absolute Gasteiger partial charge is 0.418 e. The van der Waals surface area contributed by atoms with Gasteiger partial charge in [-0.25, -0.2) is 4.98 Å². The minimum atomic E-state index is -4.42. The van der Waals surface area contributed by atoms with Crippen LogP contribution < -0.4 is 10.1 Å². The van der Waals surface area contributed by atoms with Crippen molar-refractivity contribution in [1.82, 2.24) is 4.98 Å². The fourth-order valence-electron chi connectivity index (χ4n) is 1.76. The lowest BCUT2D eigenvalue weighted by Crippen LogP contribution is -2.11. The van der Waals surface area contributed by atoms with Gasteiger partial charge in [-0.3, -0.25) is 0 Å². The first-order valence-electron chi connectivity index (χ1n) is 6.00. The summed E-state index contributed by atoms with van der Waals surface area (Å²) in [5, 5.41) is 2.76. The van der Waals surface area contributed by atoms with E-state index in [1.807, 2.05) is 0 Å². The van der Waals surface area contributed by atoms with Crippen molar-refractivity contribution < 1.29 is 17.9 Å². The lowest BCUT2D eigenvalue weighted by atomic mass is 10.1. The Morgan fingerprint density at radius 2 is 2.00 bits per heavy atom. The molecular weight excluding hydrogens is 349 g/mol. The lowest BCUT2D eigenvalue weighted by molar-refractivity contribution is -0.137. The summed E-state index contributed by atoms with van der Waals surface area (Å²) in [6, 6.07) is 9.09. The van der Waals surface area contributed by atoms with Crippen molar-refractivity contribution in [3.63, 3.8) is 0 Å². The molecule has 0 aliphatic heterocycles. The number of benzene rings is 1. The summed E-state index contributed by atoms with van der Waals surface area (Å²) >= 11 is 3.05. The van der Waals surface area contributed by atoms with Crippen LogP contribution in [0.1, 0.15) is 11.3 Å². The second-order valence-electron chi connectivity index (χ2n) is 4.21. The number of nitrogens with zero attached hydrogens (tertiary/aromatic N) is 1. The molecule has 1 heterocycles. The lowest BCUT2D eigenvalue weighted by Gasteiger charge is -2.15. The summed E-state index contributed by atoms with van der Waals surface area (Å²) in [7, 11) is 1.48. The molecule has 0 saturated heterocycles. The van der Waals surface area contributed by atoms with Gasteiger partial charge in [0.05, 0.1) is 24.9 Å². The third kappa shape index (κ3) is 4.10. The second-order valence-corrected chi connectivity index (χ2v) is 5.13. The SMILES string of the molecule is COc1cccc(CNc2ccc(Br)cc2C(F)(F)F)n1. The number of hydrogen-bond donors (Lipinski definition) is 1. The largest absolute Gasteiger partial charge is 0.481 e. The molecule has 0 aliphatic carbocycles. The molecule has 0 amide bonds. The number of alkyl halides is 3. The van der Waals surface area contributed by atoms with Gasteiger partial charge in [-0.2, -0.15) is 13.2 Å². The number of aromatic nitrogens is 1. The fraction of sp³-hybridized carbons (Fsp3) is 0.214. The molecule has 0 atom stereocenters. The van der Waals surface area contributed by atoms with Crippen LogP contribution in [0.4, 0.5) is 18.9 Å². The van der Waals surface area contributed by atoms with Gasteiger partial charge >= 0.3 is 6.18 Å². The Bertz CT molecular complexity index is 632. The summed E-state index contributed by atoms with van der Waals surface area (Å²) in [6.45, 7) is 0.169. The van der Waals surface area contributed by atoms with Crippen LogP contribution in [-0.4, -0.2) is 12.1 Å². The molecule has 1 aromatic heterocycles. The zero-order valence-corrected chi connectivity index (χ0v) is 12.6. The van der Waals surface area contributed by atoms with Crippen LogP contribution in [0, 0.1) is 0 Å². The number of methoxy groups -OCH3 is 1. The monoisotopic (exact) mass is 360 g/mol. The Morgan fingerprint density at radius 3 is 2.67 bits per heavy atom. The van der Waals surface area contributed by atoms with Crippen molar-refractivity contribution in [3.8, 4) is 5.88 Å². The number of hydrogen-bond acceptors (Lipinski definition) is 3. The van der Waals surface area contributed by atoms with Gasteiger partial charge in [0.15, 0.2) is 0 Å². The van der Waals surface area contributed by atoms with Crippen LogP contribution in [0.15, 0.2) is 40.9 Å². The molecular formula is C14H12BrF3N2O.